The van der Waals surface area contributed by atoms with E-state index in [1.807, 2.05) is 0 Å². The van der Waals surface area contributed by atoms with Gasteiger partial charge in [-0.05, 0) is 26.0 Å². The average molecular weight is 389 g/mol. The highest BCUT2D eigenvalue weighted by Crippen LogP contribution is 2.20. The number of carbonyl (C=O) groups is 3. The van der Waals surface area contributed by atoms with Gasteiger partial charge in [-0.15, -0.1) is 0 Å². The van der Waals surface area contributed by atoms with Gasteiger partial charge in [0.25, 0.3) is 5.56 Å². The van der Waals surface area contributed by atoms with E-state index < -0.39 is 16.8 Å². The Morgan fingerprint density at radius 2 is 2.04 bits per heavy atom. The molecule has 2 rings (SSSR count). The van der Waals surface area contributed by atoms with Crippen LogP contribution in [-0.4, -0.2) is 40.0 Å². The number of Topliss-reactive ketones (excluding diaryl/α,β-unsaturated/α-hetero) is 1. The molecule has 142 valence electrons. The van der Waals surface area contributed by atoms with Crippen LogP contribution in [0.2, 0.25) is 0 Å². The number of methoxy groups -OCH3 is 1. The molecule has 0 aliphatic heterocycles. The van der Waals surface area contributed by atoms with Crippen molar-refractivity contribution in [2.24, 2.45) is 0 Å². The summed E-state index contributed by atoms with van der Waals surface area (Å²) in [5, 5.41) is 2.36. The van der Waals surface area contributed by atoms with Crippen LogP contribution >= 0.6 is 11.8 Å². The van der Waals surface area contributed by atoms with Crippen LogP contribution in [0.1, 0.15) is 29.9 Å². The average Bonchev–Trinajstić information content (AvgIpc) is 2.61. The maximum atomic E-state index is 12.4. The Bertz CT molecular complexity index is 925. The first kappa shape index (κ1) is 20.4. The van der Waals surface area contributed by atoms with Gasteiger partial charge < -0.3 is 15.0 Å². The third-order valence-corrected chi connectivity index (χ3v) is 4.50. The number of aromatic amines is 1. The highest BCUT2D eigenvalue weighted by Gasteiger charge is 2.17. The standard InChI is InChI=1S/C18H19N3O5S/c1-10(22)12-5-4-6-13(7-12)19-17(25)11(2)27-18-20-14(8-15(23)21-18)9-16(24)26-3/h4-8,11H,9H2,1-3H3,(H,19,25)(H,20,21,23)/t11-/m0/s1. The summed E-state index contributed by atoms with van der Waals surface area (Å²) in [5.74, 6) is -0.931. The van der Waals surface area contributed by atoms with E-state index in [0.29, 0.717) is 11.3 Å². The van der Waals surface area contributed by atoms with E-state index in [0.717, 1.165) is 11.8 Å². The zero-order valence-corrected chi connectivity index (χ0v) is 15.9. The number of aromatic nitrogens is 2. The van der Waals surface area contributed by atoms with Gasteiger partial charge >= 0.3 is 5.97 Å². The van der Waals surface area contributed by atoms with Crippen molar-refractivity contribution in [1.82, 2.24) is 9.97 Å². The Kier molecular flexibility index (Phi) is 6.89. The second kappa shape index (κ2) is 9.13. The lowest BCUT2D eigenvalue weighted by molar-refractivity contribution is -0.139. The minimum absolute atomic E-state index is 0.0993. The summed E-state index contributed by atoms with van der Waals surface area (Å²) in [4.78, 5) is 53.6. The van der Waals surface area contributed by atoms with Gasteiger partial charge in [0, 0.05) is 17.3 Å². The van der Waals surface area contributed by atoms with E-state index in [9.17, 15) is 19.2 Å². The van der Waals surface area contributed by atoms with Crippen LogP contribution in [0.5, 0.6) is 0 Å². The molecule has 0 unspecified atom stereocenters. The number of benzene rings is 1. The Morgan fingerprint density at radius 1 is 1.30 bits per heavy atom. The number of hydrogen-bond acceptors (Lipinski definition) is 7. The van der Waals surface area contributed by atoms with E-state index in [-0.39, 0.29) is 29.0 Å². The molecular weight excluding hydrogens is 370 g/mol. The molecule has 2 N–H and O–H groups in total. The first-order valence-electron chi connectivity index (χ1n) is 8.04. The molecule has 0 radical (unpaired) electrons. The predicted molar refractivity (Wildman–Crippen MR) is 101 cm³/mol. The zero-order valence-electron chi connectivity index (χ0n) is 15.1. The van der Waals surface area contributed by atoms with Gasteiger partial charge in [-0.2, -0.15) is 0 Å². The van der Waals surface area contributed by atoms with E-state index in [2.05, 4.69) is 20.0 Å². The fourth-order valence-corrected chi connectivity index (χ4v) is 2.96. The molecule has 1 amide bonds. The summed E-state index contributed by atoms with van der Waals surface area (Å²) in [6, 6.07) is 7.82. The topological polar surface area (TPSA) is 118 Å². The molecule has 0 spiro atoms. The van der Waals surface area contributed by atoms with Crippen LogP contribution in [0.3, 0.4) is 0 Å². The number of ether oxygens (including phenoxy) is 1. The van der Waals surface area contributed by atoms with Crippen molar-refractivity contribution >= 4 is 35.1 Å². The minimum atomic E-state index is -0.581. The fraction of sp³-hybridized carbons (Fsp3) is 0.278. The van der Waals surface area contributed by atoms with E-state index >= 15 is 0 Å². The number of esters is 1. The summed E-state index contributed by atoms with van der Waals surface area (Å²) in [6.07, 6.45) is -0.133. The number of hydrogen-bond donors (Lipinski definition) is 2. The summed E-state index contributed by atoms with van der Waals surface area (Å²) in [5.41, 5.74) is 0.832. The molecule has 1 heterocycles. The van der Waals surface area contributed by atoms with Crippen LogP contribution in [0, 0.1) is 0 Å². The smallest absolute Gasteiger partial charge is 0.311 e. The zero-order chi connectivity index (χ0) is 20.0. The second-order valence-corrected chi connectivity index (χ2v) is 7.01. The van der Waals surface area contributed by atoms with Crippen molar-refractivity contribution in [3.8, 4) is 0 Å². The maximum Gasteiger partial charge on any atom is 0.311 e. The van der Waals surface area contributed by atoms with E-state index in [1.54, 1.807) is 31.2 Å². The maximum absolute atomic E-state index is 12.4. The third-order valence-electron chi connectivity index (χ3n) is 3.52. The lowest BCUT2D eigenvalue weighted by atomic mass is 10.1. The van der Waals surface area contributed by atoms with Crippen molar-refractivity contribution in [2.75, 3.05) is 12.4 Å². The van der Waals surface area contributed by atoms with Gasteiger partial charge in [-0.3, -0.25) is 19.2 Å². The van der Waals surface area contributed by atoms with Gasteiger partial charge in [0.05, 0.1) is 24.5 Å². The lowest BCUT2D eigenvalue weighted by Gasteiger charge is -2.12. The van der Waals surface area contributed by atoms with Crippen molar-refractivity contribution < 1.29 is 19.1 Å². The molecule has 0 saturated heterocycles. The van der Waals surface area contributed by atoms with Gasteiger partial charge in [-0.1, -0.05) is 23.9 Å². The summed E-state index contributed by atoms with van der Waals surface area (Å²) >= 11 is 1.05. The predicted octanol–water partition coefficient (Wildman–Crippen LogP) is 1.81. The summed E-state index contributed by atoms with van der Waals surface area (Å²) < 4.78 is 4.56. The first-order valence-corrected chi connectivity index (χ1v) is 8.92. The molecule has 0 aliphatic carbocycles. The molecule has 0 saturated carbocycles. The van der Waals surface area contributed by atoms with Gasteiger partial charge in [0.2, 0.25) is 5.91 Å². The lowest BCUT2D eigenvalue weighted by Crippen LogP contribution is -2.23. The number of nitrogens with one attached hydrogen (secondary N) is 2. The van der Waals surface area contributed by atoms with Crippen molar-refractivity contribution in [2.45, 2.75) is 30.7 Å². The van der Waals surface area contributed by atoms with Crippen LogP contribution < -0.4 is 10.9 Å². The molecule has 1 aromatic heterocycles. The molecule has 1 atom stereocenters. The summed E-state index contributed by atoms with van der Waals surface area (Å²) in [7, 11) is 1.25. The van der Waals surface area contributed by atoms with Crippen LogP contribution in [0.4, 0.5) is 5.69 Å². The number of nitrogens with zero attached hydrogens (tertiary/aromatic N) is 1. The van der Waals surface area contributed by atoms with Crippen LogP contribution in [0.25, 0.3) is 0 Å². The number of anilines is 1. The van der Waals surface area contributed by atoms with Crippen LogP contribution in [-0.2, 0) is 20.7 Å². The largest absolute Gasteiger partial charge is 0.469 e. The Labute approximate surface area is 159 Å². The Hall–Kier alpha value is -2.94. The highest BCUT2D eigenvalue weighted by molar-refractivity contribution is 8.00. The summed E-state index contributed by atoms with van der Waals surface area (Å²) in [6.45, 7) is 3.10. The molecule has 2 aromatic rings. The van der Waals surface area contributed by atoms with Crippen molar-refractivity contribution in [3.63, 3.8) is 0 Å². The van der Waals surface area contributed by atoms with Gasteiger partial charge in [0.15, 0.2) is 10.9 Å². The molecule has 0 bridgehead atoms. The normalized spacial score (nSPS) is 11.5. The monoisotopic (exact) mass is 389 g/mol. The minimum Gasteiger partial charge on any atom is -0.469 e. The number of amides is 1. The molecular formula is C18H19N3O5S. The number of ketones is 1. The number of H-pyrrole nitrogens is 1. The Morgan fingerprint density at radius 3 is 2.70 bits per heavy atom. The molecule has 9 heteroatoms. The van der Waals surface area contributed by atoms with Gasteiger partial charge in [0.1, 0.15) is 0 Å². The molecule has 1 aromatic carbocycles. The molecule has 0 aliphatic rings. The van der Waals surface area contributed by atoms with E-state index in [4.69, 9.17) is 0 Å². The second-order valence-electron chi connectivity index (χ2n) is 5.68. The van der Waals surface area contributed by atoms with Crippen molar-refractivity contribution in [3.05, 3.63) is 51.9 Å². The first-order chi connectivity index (χ1) is 12.8. The SMILES string of the molecule is COC(=O)Cc1cc(=O)[nH]c(S[C@@H](C)C(=O)Nc2cccc(C(C)=O)c2)n1. The Balaban J connectivity index is 2.08. The third kappa shape index (κ3) is 6.07. The molecule has 8 nitrogen and oxygen atoms in total. The molecule has 0 fully saturated rings. The number of carbonyl (C=O) groups excluding carboxylic acids is 3. The number of thioether (sulfide) groups is 1. The number of rotatable bonds is 7. The van der Waals surface area contributed by atoms with Crippen molar-refractivity contribution in [1.29, 1.82) is 0 Å². The highest BCUT2D eigenvalue weighted by atomic mass is 32.2. The van der Waals surface area contributed by atoms with E-state index in [1.165, 1.54) is 20.1 Å². The fourth-order valence-electron chi connectivity index (χ4n) is 2.13. The molecule has 27 heavy (non-hydrogen) atoms. The van der Waals surface area contributed by atoms with Crippen LogP contribution in [0.15, 0.2) is 40.3 Å². The van der Waals surface area contributed by atoms with Gasteiger partial charge in [-0.25, -0.2) is 4.98 Å². The quantitative estimate of drug-likeness (QED) is 0.321.